The van der Waals surface area contributed by atoms with E-state index in [1.165, 1.54) is 17.0 Å². The van der Waals surface area contributed by atoms with Crippen LogP contribution in [0, 0.1) is 6.92 Å². The first-order valence-electron chi connectivity index (χ1n) is 13.2. The fraction of sp³-hybridized carbons (Fsp3) is 0.333. The van der Waals surface area contributed by atoms with Crippen molar-refractivity contribution in [2.24, 2.45) is 0 Å². The number of sulfonamides is 1. The van der Waals surface area contributed by atoms with Crippen LogP contribution in [0.4, 0.5) is 5.69 Å². The maximum Gasteiger partial charge on any atom is 0.264 e. The van der Waals surface area contributed by atoms with Gasteiger partial charge in [-0.15, -0.1) is 0 Å². The lowest BCUT2D eigenvalue weighted by Gasteiger charge is -2.34. The molecule has 1 N–H and O–H groups in total. The monoisotopic (exact) mass is 603 g/mol. The summed E-state index contributed by atoms with van der Waals surface area (Å²) in [5.41, 5.74) is 1.43. The van der Waals surface area contributed by atoms with E-state index in [1.807, 2.05) is 20.8 Å². The number of nitrogens with one attached hydrogen (secondary N) is 1. The summed E-state index contributed by atoms with van der Waals surface area (Å²) in [4.78, 5) is 28.9. The van der Waals surface area contributed by atoms with Crippen molar-refractivity contribution >= 4 is 50.7 Å². The van der Waals surface area contributed by atoms with Crippen LogP contribution >= 0.6 is 23.2 Å². The van der Waals surface area contributed by atoms with E-state index >= 15 is 0 Å². The number of anilines is 1. The maximum absolute atomic E-state index is 14.1. The first-order valence-corrected chi connectivity index (χ1v) is 15.4. The molecule has 0 aliphatic heterocycles. The Kier molecular flexibility index (Phi) is 11.0. The fourth-order valence-electron chi connectivity index (χ4n) is 4.27. The van der Waals surface area contributed by atoms with E-state index in [0.29, 0.717) is 27.6 Å². The highest BCUT2D eigenvalue weighted by molar-refractivity contribution is 7.92. The molecule has 40 heavy (non-hydrogen) atoms. The van der Waals surface area contributed by atoms with Crippen molar-refractivity contribution in [1.29, 1.82) is 0 Å². The second-order valence-electron chi connectivity index (χ2n) is 9.56. The minimum atomic E-state index is -4.18. The second-order valence-corrected chi connectivity index (χ2v) is 12.2. The minimum absolute atomic E-state index is 0.0265. The highest BCUT2D eigenvalue weighted by atomic mass is 35.5. The lowest BCUT2D eigenvalue weighted by Crippen LogP contribution is -2.53. The smallest absolute Gasteiger partial charge is 0.264 e. The molecule has 214 valence electrons. The zero-order valence-electron chi connectivity index (χ0n) is 23.1. The normalized spacial score (nSPS) is 12.8. The van der Waals surface area contributed by atoms with Crippen molar-refractivity contribution < 1.29 is 18.0 Å². The van der Waals surface area contributed by atoms with Gasteiger partial charge >= 0.3 is 0 Å². The lowest BCUT2D eigenvalue weighted by molar-refractivity contribution is -0.140. The molecular weight excluding hydrogens is 569 g/mol. The molecule has 0 aliphatic rings. The minimum Gasteiger partial charge on any atom is -0.352 e. The van der Waals surface area contributed by atoms with Crippen LogP contribution in [-0.4, -0.2) is 43.8 Å². The number of carbonyl (C=O) groups excluding carboxylic acids is 2. The third kappa shape index (κ3) is 7.36. The number of hydrogen-bond donors (Lipinski definition) is 1. The molecule has 0 saturated heterocycles. The summed E-state index contributed by atoms with van der Waals surface area (Å²) in [6.45, 7) is 6.84. The van der Waals surface area contributed by atoms with Crippen LogP contribution in [0.3, 0.4) is 0 Å². The first-order chi connectivity index (χ1) is 19.0. The van der Waals surface area contributed by atoms with Gasteiger partial charge in [0.1, 0.15) is 12.6 Å². The van der Waals surface area contributed by atoms with E-state index in [-0.39, 0.29) is 29.1 Å². The molecule has 0 unspecified atom stereocenters. The molecule has 7 nitrogen and oxygen atoms in total. The fourth-order valence-corrected chi connectivity index (χ4v) is 6.13. The molecule has 2 atom stereocenters. The first kappa shape index (κ1) is 31.5. The van der Waals surface area contributed by atoms with Gasteiger partial charge in [-0.1, -0.05) is 79.5 Å². The number of amides is 2. The summed E-state index contributed by atoms with van der Waals surface area (Å²) < 4.78 is 28.9. The second kappa shape index (κ2) is 14.0. The topological polar surface area (TPSA) is 86.8 Å². The number of hydrogen-bond acceptors (Lipinski definition) is 4. The molecule has 0 saturated carbocycles. The van der Waals surface area contributed by atoms with Gasteiger partial charge in [0, 0.05) is 22.6 Å². The molecule has 10 heteroatoms. The van der Waals surface area contributed by atoms with Crippen LogP contribution in [0.5, 0.6) is 0 Å². The van der Waals surface area contributed by atoms with Crippen molar-refractivity contribution in [3.05, 3.63) is 94.0 Å². The molecular formula is C30H35Cl2N3O4S. The highest BCUT2D eigenvalue weighted by Crippen LogP contribution is 2.31. The molecule has 0 heterocycles. The van der Waals surface area contributed by atoms with E-state index in [0.717, 1.165) is 10.7 Å². The predicted molar refractivity (Wildman–Crippen MR) is 161 cm³/mol. The SMILES string of the molecule is CC[C@@H](C)NC(=O)[C@H](CC)N(Cc1ccccc1Cl)C(=O)CN(c1cccc(Cl)c1C)S(=O)(=O)c1ccccc1. The van der Waals surface area contributed by atoms with E-state index in [9.17, 15) is 18.0 Å². The summed E-state index contributed by atoms with van der Waals surface area (Å²) in [7, 11) is -4.18. The molecule has 0 aliphatic carbocycles. The summed E-state index contributed by atoms with van der Waals surface area (Å²) in [6, 6.07) is 18.9. The summed E-state index contributed by atoms with van der Waals surface area (Å²) in [6.07, 6.45) is 1.04. The van der Waals surface area contributed by atoms with Crippen molar-refractivity contribution in [1.82, 2.24) is 10.2 Å². The number of rotatable bonds is 12. The Morgan fingerprint density at radius 1 is 0.875 bits per heavy atom. The third-order valence-corrected chi connectivity index (χ3v) is 9.36. The molecule has 3 rings (SSSR count). The van der Waals surface area contributed by atoms with E-state index in [4.69, 9.17) is 23.2 Å². The Morgan fingerprint density at radius 2 is 1.50 bits per heavy atom. The Hall–Kier alpha value is -3.07. The molecule has 2 amide bonds. The van der Waals surface area contributed by atoms with Gasteiger partial charge in [0.2, 0.25) is 11.8 Å². The van der Waals surface area contributed by atoms with Crippen LogP contribution in [0.2, 0.25) is 10.0 Å². The van der Waals surface area contributed by atoms with Gasteiger partial charge in [-0.2, -0.15) is 0 Å². The third-order valence-electron chi connectivity index (χ3n) is 6.80. The van der Waals surface area contributed by atoms with Gasteiger partial charge < -0.3 is 10.2 Å². The van der Waals surface area contributed by atoms with Crippen molar-refractivity contribution in [2.45, 2.75) is 64.1 Å². The predicted octanol–water partition coefficient (Wildman–Crippen LogP) is 6.22. The molecule has 0 fully saturated rings. The van der Waals surface area contributed by atoms with Crippen LogP contribution < -0.4 is 9.62 Å². The molecule has 3 aromatic carbocycles. The van der Waals surface area contributed by atoms with Gasteiger partial charge in [0.15, 0.2) is 0 Å². The zero-order chi connectivity index (χ0) is 29.4. The molecule has 0 spiro atoms. The largest absolute Gasteiger partial charge is 0.352 e. The average Bonchev–Trinajstić information content (AvgIpc) is 2.94. The molecule has 0 aromatic heterocycles. The highest BCUT2D eigenvalue weighted by Gasteiger charge is 2.34. The van der Waals surface area contributed by atoms with Gasteiger partial charge in [-0.05, 0) is 68.1 Å². The molecule has 3 aromatic rings. The molecule has 0 radical (unpaired) electrons. The van der Waals surface area contributed by atoms with Gasteiger partial charge in [-0.25, -0.2) is 8.42 Å². The average molecular weight is 605 g/mol. The summed E-state index contributed by atoms with van der Waals surface area (Å²) >= 11 is 12.8. The van der Waals surface area contributed by atoms with Crippen molar-refractivity contribution in [3.8, 4) is 0 Å². The zero-order valence-corrected chi connectivity index (χ0v) is 25.4. The Balaban J connectivity index is 2.10. The maximum atomic E-state index is 14.1. The lowest BCUT2D eigenvalue weighted by atomic mass is 10.1. The summed E-state index contributed by atoms with van der Waals surface area (Å²) in [5.74, 6) is -0.862. The Bertz CT molecular complexity index is 1430. The molecule has 0 bridgehead atoms. The van der Waals surface area contributed by atoms with Crippen molar-refractivity contribution in [2.75, 3.05) is 10.8 Å². The van der Waals surface area contributed by atoms with Gasteiger partial charge in [-0.3, -0.25) is 13.9 Å². The standard InChI is InChI=1S/C30H35Cl2N3O4S/c1-5-21(3)33-30(37)27(6-2)34(19-23-13-10-11-16-26(23)32)29(36)20-35(28-18-12-17-25(31)22(28)4)40(38,39)24-14-8-7-9-15-24/h7-18,21,27H,5-6,19-20H2,1-4H3,(H,33,37)/t21-,27+/m1/s1. The Labute approximate surface area is 247 Å². The number of benzene rings is 3. The quantitative estimate of drug-likeness (QED) is 0.266. The van der Waals surface area contributed by atoms with Crippen LogP contribution in [0.15, 0.2) is 77.7 Å². The van der Waals surface area contributed by atoms with Crippen LogP contribution in [-0.2, 0) is 26.2 Å². The van der Waals surface area contributed by atoms with Gasteiger partial charge in [0.05, 0.1) is 10.6 Å². The van der Waals surface area contributed by atoms with E-state index in [2.05, 4.69) is 5.32 Å². The van der Waals surface area contributed by atoms with Crippen molar-refractivity contribution in [3.63, 3.8) is 0 Å². The summed E-state index contributed by atoms with van der Waals surface area (Å²) in [5, 5.41) is 3.77. The van der Waals surface area contributed by atoms with Crippen LogP contribution in [0.25, 0.3) is 0 Å². The number of carbonyl (C=O) groups is 2. The number of nitrogens with zero attached hydrogens (tertiary/aromatic N) is 2. The number of halogens is 2. The Morgan fingerprint density at radius 3 is 2.12 bits per heavy atom. The van der Waals surface area contributed by atoms with Gasteiger partial charge in [0.25, 0.3) is 10.0 Å². The van der Waals surface area contributed by atoms with E-state index in [1.54, 1.807) is 67.6 Å². The van der Waals surface area contributed by atoms with E-state index < -0.39 is 28.5 Å². The van der Waals surface area contributed by atoms with Crippen LogP contribution in [0.1, 0.15) is 44.7 Å².